The summed E-state index contributed by atoms with van der Waals surface area (Å²) >= 11 is 5.75. The van der Waals surface area contributed by atoms with Crippen molar-refractivity contribution < 1.29 is 14.3 Å². The van der Waals surface area contributed by atoms with Crippen LogP contribution >= 0.6 is 11.6 Å². The Morgan fingerprint density at radius 1 is 1.29 bits per heavy atom. The number of nitrogens with zero attached hydrogens (tertiary/aromatic N) is 1. The lowest BCUT2D eigenvalue weighted by Crippen LogP contribution is -2.03. The zero-order chi connectivity index (χ0) is 12.4. The quantitative estimate of drug-likeness (QED) is 0.891. The summed E-state index contributed by atoms with van der Waals surface area (Å²) < 4.78 is 13.6. The van der Waals surface area contributed by atoms with Crippen LogP contribution in [0.3, 0.4) is 0 Å². The molecule has 0 amide bonds. The van der Waals surface area contributed by atoms with Crippen molar-refractivity contribution in [3.8, 4) is 11.1 Å². The first kappa shape index (κ1) is 11.5. The second-order valence-corrected chi connectivity index (χ2v) is 3.77. The standard InChI is InChI=1S/C12H7ClFNO2/c13-7-5-9(11(12(16)17)15-6-7)8-3-1-2-4-10(8)14/h1-6H,(H,16,17). The molecule has 2 aromatic rings. The number of aromatic carboxylic acids is 1. The summed E-state index contributed by atoms with van der Waals surface area (Å²) in [5.41, 5.74) is 0.113. The molecule has 86 valence electrons. The van der Waals surface area contributed by atoms with Gasteiger partial charge in [0.1, 0.15) is 5.82 Å². The van der Waals surface area contributed by atoms with Gasteiger partial charge in [-0.05, 0) is 12.1 Å². The monoisotopic (exact) mass is 251 g/mol. The molecule has 17 heavy (non-hydrogen) atoms. The van der Waals surface area contributed by atoms with Crippen LogP contribution in [0.2, 0.25) is 5.02 Å². The zero-order valence-corrected chi connectivity index (χ0v) is 9.28. The fraction of sp³-hybridized carbons (Fsp3) is 0. The van der Waals surface area contributed by atoms with E-state index in [0.29, 0.717) is 0 Å². The third kappa shape index (κ3) is 2.26. The van der Waals surface area contributed by atoms with Crippen molar-refractivity contribution in [2.24, 2.45) is 0 Å². The number of carbonyl (C=O) groups is 1. The van der Waals surface area contributed by atoms with Crippen molar-refractivity contribution in [2.75, 3.05) is 0 Å². The second kappa shape index (κ2) is 4.51. The van der Waals surface area contributed by atoms with Crippen molar-refractivity contribution >= 4 is 17.6 Å². The molecule has 0 saturated carbocycles. The number of halogens is 2. The average molecular weight is 252 g/mol. The Balaban J connectivity index is 2.70. The Morgan fingerprint density at radius 3 is 2.65 bits per heavy atom. The summed E-state index contributed by atoms with van der Waals surface area (Å²) in [6.45, 7) is 0. The van der Waals surface area contributed by atoms with E-state index in [1.807, 2.05) is 0 Å². The van der Waals surface area contributed by atoms with Crippen LogP contribution in [0.15, 0.2) is 36.5 Å². The molecule has 0 bridgehead atoms. The third-order valence-electron chi connectivity index (χ3n) is 2.22. The summed E-state index contributed by atoms with van der Waals surface area (Å²) in [6.07, 6.45) is 1.22. The molecule has 3 nitrogen and oxygen atoms in total. The number of hydrogen-bond acceptors (Lipinski definition) is 2. The minimum atomic E-state index is -1.22. The van der Waals surface area contributed by atoms with Gasteiger partial charge < -0.3 is 5.11 Å². The summed E-state index contributed by atoms with van der Waals surface area (Å²) in [5.74, 6) is -1.74. The van der Waals surface area contributed by atoms with Crippen LogP contribution in [0.4, 0.5) is 4.39 Å². The zero-order valence-electron chi connectivity index (χ0n) is 8.52. The number of pyridine rings is 1. The number of carboxylic acid groups (broad SMARTS) is 1. The maximum absolute atomic E-state index is 13.6. The van der Waals surface area contributed by atoms with Crippen LogP contribution in [-0.2, 0) is 0 Å². The maximum Gasteiger partial charge on any atom is 0.355 e. The molecule has 0 fully saturated rings. The van der Waals surface area contributed by atoms with Crippen molar-refractivity contribution in [3.63, 3.8) is 0 Å². The molecule has 1 N–H and O–H groups in total. The average Bonchev–Trinajstić information content (AvgIpc) is 2.29. The predicted octanol–water partition coefficient (Wildman–Crippen LogP) is 3.24. The molecule has 0 atom stereocenters. The molecule has 0 aliphatic rings. The molecule has 2 rings (SSSR count). The van der Waals surface area contributed by atoms with Crippen molar-refractivity contribution in [1.82, 2.24) is 4.98 Å². The van der Waals surface area contributed by atoms with E-state index >= 15 is 0 Å². The highest BCUT2D eigenvalue weighted by Crippen LogP contribution is 2.27. The van der Waals surface area contributed by atoms with Gasteiger partial charge in [0.2, 0.25) is 0 Å². The van der Waals surface area contributed by atoms with Gasteiger partial charge in [-0.1, -0.05) is 29.8 Å². The lowest BCUT2D eigenvalue weighted by atomic mass is 10.0. The van der Waals surface area contributed by atoms with Gasteiger partial charge in [0.15, 0.2) is 5.69 Å². The number of aromatic nitrogens is 1. The lowest BCUT2D eigenvalue weighted by molar-refractivity contribution is 0.0691. The molecule has 0 aliphatic heterocycles. The molecule has 5 heteroatoms. The third-order valence-corrected chi connectivity index (χ3v) is 2.43. The maximum atomic E-state index is 13.6. The van der Waals surface area contributed by atoms with Crippen molar-refractivity contribution in [1.29, 1.82) is 0 Å². The van der Waals surface area contributed by atoms with Crippen LogP contribution in [0.25, 0.3) is 11.1 Å². The van der Waals surface area contributed by atoms with Gasteiger partial charge in [-0.15, -0.1) is 0 Å². The van der Waals surface area contributed by atoms with Gasteiger partial charge in [0.25, 0.3) is 0 Å². The molecule has 1 aromatic carbocycles. The van der Waals surface area contributed by atoms with E-state index in [2.05, 4.69) is 4.98 Å². The topological polar surface area (TPSA) is 50.2 Å². The molecular weight excluding hydrogens is 245 g/mol. The first-order valence-corrected chi connectivity index (χ1v) is 5.11. The molecule has 0 radical (unpaired) electrons. The highest BCUT2D eigenvalue weighted by Gasteiger charge is 2.16. The van der Waals surface area contributed by atoms with Gasteiger partial charge >= 0.3 is 5.97 Å². The summed E-state index contributed by atoms with van der Waals surface area (Å²) in [6, 6.07) is 7.26. The van der Waals surface area contributed by atoms with Crippen molar-refractivity contribution in [3.05, 3.63) is 53.1 Å². The van der Waals surface area contributed by atoms with Crippen LogP contribution in [0.1, 0.15) is 10.5 Å². The van der Waals surface area contributed by atoms with Crippen LogP contribution < -0.4 is 0 Å². The second-order valence-electron chi connectivity index (χ2n) is 3.33. The number of rotatable bonds is 2. The first-order chi connectivity index (χ1) is 8.09. The van der Waals surface area contributed by atoms with E-state index < -0.39 is 11.8 Å². The Kier molecular flexibility index (Phi) is 3.06. The van der Waals surface area contributed by atoms with Crippen LogP contribution in [0, 0.1) is 5.82 Å². The predicted molar refractivity (Wildman–Crippen MR) is 61.6 cm³/mol. The number of benzene rings is 1. The smallest absolute Gasteiger partial charge is 0.355 e. The Labute approximate surface area is 101 Å². The van der Waals surface area contributed by atoms with E-state index in [-0.39, 0.29) is 21.8 Å². The number of hydrogen-bond donors (Lipinski definition) is 1. The summed E-state index contributed by atoms with van der Waals surface area (Å²) in [4.78, 5) is 14.7. The van der Waals surface area contributed by atoms with Gasteiger partial charge in [-0.25, -0.2) is 14.2 Å². The Morgan fingerprint density at radius 2 is 2.00 bits per heavy atom. The summed E-state index contributed by atoms with van der Waals surface area (Å²) in [5, 5.41) is 9.24. The van der Waals surface area contributed by atoms with E-state index in [1.165, 1.54) is 30.5 Å². The van der Waals surface area contributed by atoms with Gasteiger partial charge in [0.05, 0.1) is 5.02 Å². The van der Waals surface area contributed by atoms with Gasteiger partial charge in [0, 0.05) is 17.3 Å². The molecular formula is C12H7ClFNO2. The highest BCUT2D eigenvalue weighted by molar-refractivity contribution is 6.30. The van der Waals surface area contributed by atoms with Crippen molar-refractivity contribution in [2.45, 2.75) is 0 Å². The first-order valence-electron chi connectivity index (χ1n) is 4.73. The largest absolute Gasteiger partial charge is 0.476 e. The Bertz CT molecular complexity index is 586. The minimum absolute atomic E-state index is 0.167. The van der Waals surface area contributed by atoms with Gasteiger partial charge in [-0.3, -0.25) is 0 Å². The molecule has 0 saturated heterocycles. The normalized spacial score (nSPS) is 10.2. The molecule has 0 spiro atoms. The van der Waals surface area contributed by atoms with E-state index in [1.54, 1.807) is 6.07 Å². The van der Waals surface area contributed by atoms with Gasteiger partial charge in [-0.2, -0.15) is 0 Å². The summed E-state index contributed by atoms with van der Waals surface area (Å²) in [7, 11) is 0. The lowest BCUT2D eigenvalue weighted by Gasteiger charge is -2.06. The molecule has 1 aromatic heterocycles. The Hall–Kier alpha value is -1.94. The number of carboxylic acids is 1. The van der Waals surface area contributed by atoms with E-state index in [0.717, 1.165) is 0 Å². The van der Waals surface area contributed by atoms with E-state index in [9.17, 15) is 9.18 Å². The van der Waals surface area contributed by atoms with Crippen LogP contribution in [0.5, 0.6) is 0 Å². The SMILES string of the molecule is O=C(O)c1ncc(Cl)cc1-c1ccccc1F. The fourth-order valence-corrected chi connectivity index (χ4v) is 1.65. The molecule has 1 heterocycles. The molecule has 0 aliphatic carbocycles. The van der Waals surface area contributed by atoms with E-state index in [4.69, 9.17) is 16.7 Å². The van der Waals surface area contributed by atoms with Crippen LogP contribution in [-0.4, -0.2) is 16.1 Å². The highest BCUT2D eigenvalue weighted by atomic mass is 35.5. The fourth-order valence-electron chi connectivity index (χ4n) is 1.49. The minimum Gasteiger partial charge on any atom is -0.476 e. The molecule has 0 unspecified atom stereocenters.